The quantitative estimate of drug-likeness (QED) is 0.203. The van der Waals surface area contributed by atoms with Gasteiger partial charge in [-0.05, 0) is 54.3 Å². The Hall–Kier alpha value is -3.12. The maximum atomic E-state index is 13.7. The molecule has 0 saturated carbocycles. The number of hydrogen-bond donors (Lipinski definition) is 0. The molecule has 0 bridgehead atoms. The molecule has 0 aliphatic carbocycles. The van der Waals surface area contributed by atoms with E-state index in [0.717, 1.165) is 5.56 Å². The first-order valence-electron chi connectivity index (χ1n) is 10.1. The molecule has 0 saturated heterocycles. The number of hydrogen-bond acceptors (Lipinski definition) is 4. The van der Waals surface area contributed by atoms with Crippen molar-refractivity contribution in [2.45, 2.75) is 13.0 Å². The van der Waals surface area contributed by atoms with E-state index in [9.17, 15) is 9.59 Å². The van der Waals surface area contributed by atoms with E-state index in [1.54, 1.807) is 59.5 Å². The van der Waals surface area contributed by atoms with Crippen molar-refractivity contribution in [1.29, 1.82) is 0 Å². The zero-order valence-electron chi connectivity index (χ0n) is 17.6. The number of rotatable bonds is 6. The highest BCUT2D eigenvalue weighted by atomic mass is 35.5. The highest BCUT2D eigenvalue weighted by molar-refractivity contribution is 7.12. The van der Waals surface area contributed by atoms with Gasteiger partial charge in [0.1, 0.15) is 10.6 Å². The predicted molar refractivity (Wildman–Crippen MR) is 134 cm³/mol. The number of thiophene rings is 1. The largest absolute Gasteiger partial charge is 0.422 e. The van der Waals surface area contributed by atoms with Crippen molar-refractivity contribution in [2.75, 3.05) is 4.90 Å². The van der Waals surface area contributed by atoms with Crippen LogP contribution in [0.3, 0.4) is 0 Å². The summed E-state index contributed by atoms with van der Waals surface area (Å²) in [6.45, 7) is 1.93. The maximum Gasteiger partial charge on any atom is 0.353 e. The fourth-order valence-electron chi connectivity index (χ4n) is 3.44. The predicted octanol–water partition coefficient (Wildman–Crippen LogP) is 7.68. The number of amides is 1. The van der Waals surface area contributed by atoms with Gasteiger partial charge in [0.2, 0.25) is 0 Å². The van der Waals surface area contributed by atoms with E-state index in [2.05, 4.69) is 0 Å². The van der Waals surface area contributed by atoms with Crippen LogP contribution in [0, 0.1) is 0 Å². The molecule has 4 nitrogen and oxygen atoms in total. The van der Waals surface area contributed by atoms with Crippen LogP contribution in [0.25, 0.3) is 0 Å². The Kier molecular flexibility index (Phi) is 7.14. The first-order chi connectivity index (χ1) is 15.9. The van der Waals surface area contributed by atoms with E-state index in [1.165, 1.54) is 11.3 Å². The van der Waals surface area contributed by atoms with Gasteiger partial charge in [0.25, 0.3) is 5.91 Å². The van der Waals surface area contributed by atoms with Crippen LogP contribution in [-0.4, -0.2) is 11.9 Å². The van der Waals surface area contributed by atoms with Gasteiger partial charge in [-0.15, -0.1) is 11.3 Å². The van der Waals surface area contributed by atoms with Gasteiger partial charge < -0.3 is 9.64 Å². The molecule has 4 aromatic rings. The summed E-state index contributed by atoms with van der Waals surface area (Å²) in [6, 6.07) is 24.5. The molecule has 1 amide bonds. The second kappa shape index (κ2) is 10.2. The molecule has 166 valence electrons. The van der Waals surface area contributed by atoms with Crippen LogP contribution in [0.1, 0.15) is 38.6 Å². The van der Waals surface area contributed by atoms with Crippen LogP contribution in [-0.2, 0) is 0 Å². The Bertz CT molecular complexity index is 1280. The third-order valence-electron chi connectivity index (χ3n) is 5.08. The van der Waals surface area contributed by atoms with Crippen molar-refractivity contribution >= 4 is 52.1 Å². The monoisotopic (exact) mass is 495 g/mol. The molecule has 1 heterocycles. The average Bonchev–Trinajstić information content (AvgIpc) is 3.35. The van der Waals surface area contributed by atoms with Gasteiger partial charge in [-0.1, -0.05) is 65.7 Å². The molecule has 0 aliphatic rings. The van der Waals surface area contributed by atoms with Gasteiger partial charge >= 0.3 is 5.97 Å². The van der Waals surface area contributed by atoms with Crippen LogP contribution in [0.2, 0.25) is 10.0 Å². The number of nitrogens with zero attached hydrogens (tertiary/aromatic N) is 1. The molecule has 1 unspecified atom stereocenters. The fourth-order valence-corrected chi connectivity index (χ4v) is 4.53. The van der Waals surface area contributed by atoms with Gasteiger partial charge in [-0.2, -0.15) is 0 Å². The second-order valence-corrected chi connectivity index (χ2v) is 9.04. The van der Waals surface area contributed by atoms with E-state index >= 15 is 0 Å². The summed E-state index contributed by atoms with van der Waals surface area (Å²) in [5.74, 6) is -0.405. The smallest absolute Gasteiger partial charge is 0.353 e. The van der Waals surface area contributed by atoms with E-state index in [0.29, 0.717) is 26.9 Å². The minimum Gasteiger partial charge on any atom is -0.422 e. The maximum absolute atomic E-state index is 13.7. The van der Waals surface area contributed by atoms with Gasteiger partial charge in [0.15, 0.2) is 0 Å². The Morgan fingerprint density at radius 2 is 1.70 bits per heavy atom. The molecule has 7 heteroatoms. The zero-order chi connectivity index (χ0) is 23.4. The number of carbonyl (C=O) groups excluding carboxylic acids is 2. The Morgan fingerprint density at radius 1 is 0.909 bits per heavy atom. The van der Waals surface area contributed by atoms with Crippen LogP contribution in [0.15, 0.2) is 90.3 Å². The number of esters is 1. The van der Waals surface area contributed by atoms with E-state index < -0.39 is 5.97 Å². The SMILES string of the molecule is CC(c1ccccc1)N(C(=O)c1ccc(Cl)cc1Cl)c1cccc(OC(=O)c2cccs2)c1. The van der Waals surface area contributed by atoms with Gasteiger partial charge in [-0.25, -0.2) is 4.79 Å². The second-order valence-electron chi connectivity index (χ2n) is 7.25. The van der Waals surface area contributed by atoms with E-state index in [-0.39, 0.29) is 17.0 Å². The number of carbonyl (C=O) groups is 2. The molecule has 0 radical (unpaired) electrons. The molecular weight excluding hydrogens is 477 g/mol. The third-order valence-corrected chi connectivity index (χ3v) is 6.48. The summed E-state index contributed by atoms with van der Waals surface area (Å²) in [4.78, 5) is 28.3. The summed E-state index contributed by atoms with van der Waals surface area (Å²) >= 11 is 13.7. The molecule has 0 N–H and O–H groups in total. The average molecular weight is 496 g/mol. The summed E-state index contributed by atoms with van der Waals surface area (Å²) in [7, 11) is 0. The first kappa shape index (κ1) is 23.1. The molecule has 0 spiro atoms. The van der Waals surface area contributed by atoms with Crippen LogP contribution in [0.4, 0.5) is 5.69 Å². The highest BCUT2D eigenvalue weighted by Gasteiger charge is 2.27. The van der Waals surface area contributed by atoms with Crippen molar-refractivity contribution in [3.05, 3.63) is 116 Å². The van der Waals surface area contributed by atoms with Crippen LogP contribution >= 0.6 is 34.5 Å². The molecule has 1 atom stereocenters. The van der Waals surface area contributed by atoms with Crippen LogP contribution < -0.4 is 9.64 Å². The van der Waals surface area contributed by atoms with E-state index in [4.69, 9.17) is 27.9 Å². The van der Waals surface area contributed by atoms with Gasteiger partial charge in [-0.3, -0.25) is 4.79 Å². The minimum atomic E-state index is -0.447. The number of ether oxygens (including phenoxy) is 1. The number of anilines is 1. The van der Waals surface area contributed by atoms with Crippen molar-refractivity contribution in [3.8, 4) is 5.75 Å². The van der Waals surface area contributed by atoms with Crippen molar-refractivity contribution in [1.82, 2.24) is 0 Å². The fraction of sp³-hybridized carbons (Fsp3) is 0.0769. The minimum absolute atomic E-state index is 0.262. The summed E-state index contributed by atoms with van der Waals surface area (Å²) in [6.07, 6.45) is 0. The lowest BCUT2D eigenvalue weighted by molar-refractivity contribution is 0.0740. The lowest BCUT2D eigenvalue weighted by Crippen LogP contribution is -2.34. The Labute approximate surface area is 206 Å². The first-order valence-corrected chi connectivity index (χ1v) is 11.8. The lowest BCUT2D eigenvalue weighted by Gasteiger charge is -2.30. The van der Waals surface area contributed by atoms with Crippen molar-refractivity contribution in [3.63, 3.8) is 0 Å². The Balaban J connectivity index is 1.73. The molecule has 3 aromatic carbocycles. The van der Waals surface area contributed by atoms with Crippen LogP contribution in [0.5, 0.6) is 5.75 Å². The van der Waals surface area contributed by atoms with E-state index in [1.807, 2.05) is 42.6 Å². The topological polar surface area (TPSA) is 46.6 Å². The highest BCUT2D eigenvalue weighted by Crippen LogP contribution is 2.33. The Morgan fingerprint density at radius 3 is 2.39 bits per heavy atom. The van der Waals surface area contributed by atoms with Gasteiger partial charge in [0.05, 0.1) is 16.6 Å². The van der Waals surface area contributed by atoms with Crippen molar-refractivity contribution < 1.29 is 14.3 Å². The molecule has 4 rings (SSSR count). The standard InChI is InChI=1S/C26H19Cl2NO3S/c1-17(18-7-3-2-4-8-18)29(25(30)22-13-12-19(27)15-23(22)28)20-9-5-10-21(16-20)32-26(31)24-11-6-14-33-24/h2-17H,1H3. The summed E-state index contributed by atoms with van der Waals surface area (Å²) < 4.78 is 5.55. The molecule has 33 heavy (non-hydrogen) atoms. The molecule has 0 fully saturated rings. The lowest BCUT2D eigenvalue weighted by atomic mass is 10.0. The molecular formula is C26H19Cl2NO3S. The normalized spacial score (nSPS) is 11.6. The molecule has 0 aliphatic heterocycles. The molecule has 1 aromatic heterocycles. The zero-order valence-corrected chi connectivity index (χ0v) is 19.9. The number of halogens is 2. The van der Waals surface area contributed by atoms with Crippen molar-refractivity contribution in [2.24, 2.45) is 0 Å². The summed E-state index contributed by atoms with van der Waals surface area (Å²) in [5, 5.41) is 2.52. The third kappa shape index (κ3) is 5.28. The van der Waals surface area contributed by atoms with Gasteiger partial charge in [0, 0.05) is 16.8 Å². The summed E-state index contributed by atoms with van der Waals surface area (Å²) in [5.41, 5.74) is 1.83. The number of benzene rings is 3.